The van der Waals surface area contributed by atoms with Crippen LogP contribution in [0, 0.1) is 0 Å². The van der Waals surface area contributed by atoms with Crippen molar-refractivity contribution in [3.8, 4) is 5.75 Å². The van der Waals surface area contributed by atoms with Gasteiger partial charge in [-0.15, -0.1) is 0 Å². The Kier molecular flexibility index (Phi) is 6.21. The summed E-state index contributed by atoms with van der Waals surface area (Å²) < 4.78 is 3.80. The zero-order valence-electron chi connectivity index (χ0n) is 21.3. The van der Waals surface area contributed by atoms with Crippen LogP contribution in [0.5, 0.6) is 5.75 Å². The van der Waals surface area contributed by atoms with Crippen LogP contribution in [0.4, 0.5) is 5.82 Å². The number of amides is 1. The van der Waals surface area contributed by atoms with Crippen LogP contribution in [0.3, 0.4) is 0 Å². The van der Waals surface area contributed by atoms with E-state index in [4.69, 9.17) is 4.98 Å². The van der Waals surface area contributed by atoms with E-state index in [1.54, 1.807) is 24.3 Å². The summed E-state index contributed by atoms with van der Waals surface area (Å²) >= 11 is 0. The number of likely N-dealkylation sites (tertiary alicyclic amines) is 1. The highest BCUT2D eigenvalue weighted by Crippen LogP contribution is 2.26. The Bertz CT molecular complexity index is 1710. The fraction of sp³-hybridized carbons (Fsp3) is 0.276. The molecule has 1 aliphatic heterocycles. The topological polar surface area (TPSA) is 104 Å². The van der Waals surface area contributed by atoms with E-state index in [2.05, 4.69) is 15.5 Å². The molecule has 1 fully saturated rings. The zero-order valence-corrected chi connectivity index (χ0v) is 21.3. The lowest BCUT2D eigenvalue weighted by Crippen LogP contribution is -2.36. The number of fused-ring (bicyclic) bond motifs is 5. The molecule has 5 aromatic rings. The van der Waals surface area contributed by atoms with Gasteiger partial charge in [0.15, 0.2) is 5.65 Å². The molecule has 0 atom stereocenters. The number of pyridine rings is 2. The largest absolute Gasteiger partial charge is 0.508 e. The molecule has 1 amide bonds. The number of anilines is 1. The Labute approximate surface area is 219 Å². The average molecular weight is 511 g/mol. The number of carbonyl (C=O) groups is 1. The molecular weight excluding hydrogens is 480 g/mol. The number of hydrogen-bond donors (Lipinski definition) is 3. The number of aromatic nitrogens is 3. The lowest BCUT2D eigenvalue weighted by atomic mass is 10.1. The molecule has 3 N–H and O–H groups in total. The number of benzene rings is 2. The number of aromatic hydroxyl groups is 1. The molecule has 38 heavy (non-hydrogen) atoms. The maximum absolute atomic E-state index is 13.8. The van der Waals surface area contributed by atoms with E-state index in [0.717, 1.165) is 36.2 Å². The van der Waals surface area contributed by atoms with Crippen molar-refractivity contribution in [2.45, 2.75) is 19.4 Å². The minimum atomic E-state index is -0.367. The van der Waals surface area contributed by atoms with E-state index < -0.39 is 0 Å². The molecular formula is C29H30N6O3. The molecule has 0 saturated carbocycles. The third kappa shape index (κ3) is 4.24. The van der Waals surface area contributed by atoms with Crippen molar-refractivity contribution in [1.82, 2.24) is 24.2 Å². The smallest absolute Gasteiger partial charge is 0.259 e. The highest BCUT2D eigenvalue weighted by molar-refractivity contribution is 6.05. The first-order chi connectivity index (χ1) is 18.5. The van der Waals surface area contributed by atoms with E-state index >= 15 is 0 Å². The maximum atomic E-state index is 13.8. The number of carbonyl (C=O) groups excluding carboxylic acids is 1. The summed E-state index contributed by atoms with van der Waals surface area (Å²) in [6.07, 6.45) is 2.38. The van der Waals surface area contributed by atoms with Crippen LogP contribution in [0.1, 0.15) is 28.8 Å². The molecule has 9 heteroatoms. The van der Waals surface area contributed by atoms with Crippen molar-refractivity contribution in [2.24, 2.45) is 7.05 Å². The Balaban J connectivity index is 1.43. The van der Waals surface area contributed by atoms with Gasteiger partial charge in [0.05, 0.1) is 16.4 Å². The summed E-state index contributed by atoms with van der Waals surface area (Å²) in [4.78, 5) is 34.4. The van der Waals surface area contributed by atoms with E-state index in [-0.39, 0.29) is 22.6 Å². The van der Waals surface area contributed by atoms with Crippen molar-refractivity contribution in [1.29, 1.82) is 0 Å². The van der Waals surface area contributed by atoms with Crippen molar-refractivity contribution in [3.05, 3.63) is 82.0 Å². The van der Waals surface area contributed by atoms with Crippen LogP contribution < -0.4 is 16.1 Å². The minimum Gasteiger partial charge on any atom is -0.508 e. The first-order valence-electron chi connectivity index (χ1n) is 13.0. The molecule has 4 heterocycles. The lowest BCUT2D eigenvalue weighted by Gasteiger charge is -2.15. The molecule has 0 radical (unpaired) electrons. The van der Waals surface area contributed by atoms with Crippen molar-refractivity contribution >= 4 is 39.4 Å². The minimum absolute atomic E-state index is 0.129. The molecule has 0 unspecified atom stereocenters. The SMILES string of the molecule is Cn1c2ccccc2n2c3nc(NCc4ccc(O)cc4)ccc3c(=O)c(C(=O)NCCN3CCCC3)c12. The first kappa shape index (κ1) is 24.0. The van der Waals surface area contributed by atoms with Gasteiger partial charge in [-0.1, -0.05) is 24.3 Å². The molecule has 194 valence electrons. The third-order valence-corrected chi connectivity index (χ3v) is 7.35. The van der Waals surface area contributed by atoms with Gasteiger partial charge in [0.25, 0.3) is 5.91 Å². The van der Waals surface area contributed by atoms with E-state index in [1.165, 1.54) is 12.8 Å². The van der Waals surface area contributed by atoms with Gasteiger partial charge in [-0.25, -0.2) is 4.98 Å². The Morgan fingerprint density at radius 2 is 1.74 bits per heavy atom. The molecule has 0 spiro atoms. The number of imidazole rings is 1. The van der Waals surface area contributed by atoms with Gasteiger partial charge in [-0.3, -0.25) is 14.0 Å². The van der Waals surface area contributed by atoms with Crippen LogP contribution in [0.25, 0.3) is 27.7 Å². The molecule has 1 saturated heterocycles. The maximum Gasteiger partial charge on any atom is 0.259 e. The summed E-state index contributed by atoms with van der Waals surface area (Å²) in [5.74, 6) is 0.453. The molecule has 2 aromatic carbocycles. The molecule has 6 rings (SSSR count). The van der Waals surface area contributed by atoms with Crippen molar-refractivity contribution in [3.63, 3.8) is 0 Å². The number of nitrogens with zero attached hydrogens (tertiary/aromatic N) is 4. The summed E-state index contributed by atoms with van der Waals surface area (Å²) in [6, 6.07) is 18.3. The summed E-state index contributed by atoms with van der Waals surface area (Å²) in [6.45, 7) is 3.87. The van der Waals surface area contributed by atoms with Gasteiger partial charge in [0.1, 0.15) is 22.8 Å². The first-order valence-corrected chi connectivity index (χ1v) is 13.0. The Morgan fingerprint density at radius 1 is 1.00 bits per heavy atom. The highest BCUT2D eigenvalue weighted by Gasteiger charge is 2.24. The Hall–Kier alpha value is -4.37. The van der Waals surface area contributed by atoms with Gasteiger partial charge in [-0.05, 0) is 67.9 Å². The zero-order chi connectivity index (χ0) is 26.2. The fourth-order valence-electron chi connectivity index (χ4n) is 5.37. The highest BCUT2D eigenvalue weighted by atomic mass is 16.3. The van der Waals surface area contributed by atoms with Crippen LogP contribution in [0.2, 0.25) is 0 Å². The lowest BCUT2D eigenvalue weighted by molar-refractivity contribution is 0.0950. The number of phenolic OH excluding ortho intramolecular Hbond substituents is 1. The number of para-hydroxylation sites is 2. The van der Waals surface area contributed by atoms with Crippen molar-refractivity contribution < 1.29 is 9.90 Å². The summed E-state index contributed by atoms with van der Waals surface area (Å²) in [5, 5.41) is 16.2. The third-order valence-electron chi connectivity index (χ3n) is 7.35. The van der Waals surface area contributed by atoms with Gasteiger partial charge in [-0.2, -0.15) is 0 Å². The summed E-state index contributed by atoms with van der Waals surface area (Å²) in [7, 11) is 1.87. The van der Waals surface area contributed by atoms with E-state index in [0.29, 0.717) is 35.6 Å². The molecule has 0 aliphatic carbocycles. The molecule has 3 aromatic heterocycles. The number of hydrogen-bond acceptors (Lipinski definition) is 6. The number of phenols is 1. The fourth-order valence-corrected chi connectivity index (χ4v) is 5.37. The molecule has 9 nitrogen and oxygen atoms in total. The van der Waals surface area contributed by atoms with Crippen LogP contribution >= 0.6 is 0 Å². The van der Waals surface area contributed by atoms with Crippen molar-refractivity contribution in [2.75, 3.05) is 31.5 Å². The van der Waals surface area contributed by atoms with Gasteiger partial charge in [0, 0.05) is 26.7 Å². The van der Waals surface area contributed by atoms with Gasteiger partial charge >= 0.3 is 0 Å². The van der Waals surface area contributed by atoms with E-state index in [9.17, 15) is 14.7 Å². The van der Waals surface area contributed by atoms with E-state index in [1.807, 2.05) is 52.4 Å². The number of nitrogens with one attached hydrogen (secondary N) is 2. The standard InChI is InChI=1S/C29H30N6O3/c1-33-22-6-2-3-7-23(22)35-27-21(12-13-24(32-27)31-18-19-8-10-20(36)11-9-19)26(37)25(29(33)35)28(38)30-14-17-34-15-4-5-16-34/h2-3,6-13,36H,4-5,14-18H2,1H3,(H,30,38)(H,31,32). The predicted molar refractivity (Wildman–Crippen MR) is 149 cm³/mol. The normalized spacial score (nSPS) is 14.0. The summed E-state index contributed by atoms with van der Waals surface area (Å²) in [5.41, 5.74) is 3.56. The van der Waals surface area contributed by atoms with Crippen LogP contribution in [-0.2, 0) is 13.6 Å². The van der Waals surface area contributed by atoms with Gasteiger partial charge in [0.2, 0.25) is 5.43 Å². The second-order valence-corrected chi connectivity index (χ2v) is 9.80. The monoisotopic (exact) mass is 510 g/mol. The van der Waals surface area contributed by atoms with Crippen LogP contribution in [-0.4, -0.2) is 56.0 Å². The van der Waals surface area contributed by atoms with Crippen LogP contribution in [0.15, 0.2) is 65.5 Å². The molecule has 1 aliphatic rings. The molecule has 0 bridgehead atoms. The number of rotatable bonds is 7. The second kappa shape index (κ2) is 9.83. The predicted octanol–water partition coefficient (Wildman–Crippen LogP) is 3.48. The quantitative estimate of drug-likeness (QED) is 0.310. The average Bonchev–Trinajstić information content (AvgIpc) is 3.55. The number of aryl methyl sites for hydroxylation is 1. The second-order valence-electron chi connectivity index (χ2n) is 9.80. The Morgan fingerprint density at radius 3 is 2.50 bits per heavy atom. The van der Waals surface area contributed by atoms with Gasteiger partial charge < -0.3 is 25.2 Å².